The molecule has 98 valence electrons. The van der Waals surface area contributed by atoms with Gasteiger partial charge in [-0.1, -0.05) is 24.3 Å². The monoisotopic (exact) mass is 258 g/mol. The fourth-order valence-electron chi connectivity index (χ4n) is 2.38. The lowest BCUT2D eigenvalue weighted by molar-refractivity contribution is 0.0572. The minimum Gasteiger partial charge on any atom is -0.388 e. The van der Waals surface area contributed by atoms with Gasteiger partial charge in [0, 0.05) is 24.7 Å². The molecule has 0 radical (unpaired) electrons. The highest BCUT2D eigenvalue weighted by Crippen LogP contribution is 2.20. The van der Waals surface area contributed by atoms with Crippen molar-refractivity contribution in [1.29, 1.82) is 0 Å². The number of hydrogen-bond acceptors (Lipinski definition) is 4. The van der Waals surface area contributed by atoms with Crippen LogP contribution in [0.4, 0.5) is 0 Å². The summed E-state index contributed by atoms with van der Waals surface area (Å²) >= 11 is 0. The lowest BCUT2D eigenvalue weighted by Crippen LogP contribution is -2.30. The van der Waals surface area contributed by atoms with Crippen LogP contribution in [0.5, 0.6) is 0 Å². The van der Waals surface area contributed by atoms with Crippen LogP contribution in [0.15, 0.2) is 36.5 Å². The van der Waals surface area contributed by atoms with Crippen LogP contribution in [-0.4, -0.2) is 51.3 Å². The zero-order valence-electron chi connectivity index (χ0n) is 10.2. The third kappa shape index (κ3) is 2.07. The smallest absolute Gasteiger partial charge is 0.273 e. The van der Waals surface area contributed by atoms with E-state index in [0.717, 1.165) is 10.8 Å². The molecule has 1 aromatic heterocycles. The molecule has 0 aliphatic carbocycles. The largest absolute Gasteiger partial charge is 0.388 e. The summed E-state index contributed by atoms with van der Waals surface area (Å²) in [6, 6.07) is 9.37. The van der Waals surface area contributed by atoms with Crippen LogP contribution in [0.1, 0.15) is 10.5 Å². The van der Waals surface area contributed by atoms with Crippen LogP contribution in [0.2, 0.25) is 0 Å². The van der Waals surface area contributed by atoms with Crippen molar-refractivity contribution in [1.82, 2.24) is 9.88 Å². The number of aliphatic hydroxyl groups is 2. The second-order valence-electron chi connectivity index (χ2n) is 4.73. The molecule has 5 heteroatoms. The quantitative estimate of drug-likeness (QED) is 0.777. The summed E-state index contributed by atoms with van der Waals surface area (Å²) in [7, 11) is 0. The van der Waals surface area contributed by atoms with E-state index in [1.54, 1.807) is 6.20 Å². The first-order valence-corrected chi connectivity index (χ1v) is 6.16. The average molecular weight is 258 g/mol. The van der Waals surface area contributed by atoms with Gasteiger partial charge in [0.15, 0.2) is 0 Å². The minimum absolute atomic E-state index is 0.144. The number of β-amino-alcohol motifs (C(OH)–C–C–N with tert-alkyl or cyclic N) is 2. The Morgan fingerprint density at radius 1 is 1.16 bits per heavy atom. The molecule has 2 N–H and O–H groups in total. The predicted octanol–water partition coefficient (Wildman–Crippen LogP) is 0.412. The molecule has 1 aromatic carbocycles. The Bertz CT molecular complexity index is 614. The molecule has 1 saturated heterocycles. The molecule has 2 aromatic rings. The maximum Gasteiger partial charge on any atom is 0.273 e. The van der Waals surface area contributed by atoms with Crippen molar-refractivity contribution >= 4 is 16.7 Å². The Morgan fingerprint density at radius 2 is 1.84 bits per heavy atom. The summed E-state index contributed by atoms with van der Waals surface area (Å²) < 4.78 is 0. The number of nitrogens with zero attached hydrogens (tertiary/aromatic N) is 2. The summed E-state index contributed by atoms with van der Waals surface area (Å²) in [4.78, 5) is 18.0. The van der Waals surface area contributed by atoms with Crippen molar-refractivity contribution in [2.45, 2.75) is 12.2 Å². The molecule has 1 aliphatic heterocycles. The number of aromatic nitrogens is 1. The first kappa shape index (κ1) is 12.1. The number of likely N-dealkylation sites (tertiary alicyclic amines) is 1. The third-order valence-corrected chi connectivity index (χ3v) is 3.42. The SMILES string of the molecule is O=C(c1nccc2ccccc12)N1CC(O)C(O)C1. The van der Waals surface area contributed by atoms with Crippen LogP contribution in [0.25, 0.3) is 10.8 Å². The van der Waals surface area contributed by atoms with Crippen molar-refractivity contribution in [2.24, 2.45) is 0 Å². The van der Waals surface area contributed by atoms with E-state index in [-0.39, 0.29) is 19.0 Å². The molecule has 2 unspecified atom stereocenters. The number of benzene rings is 1. The summed E-state index contributed by atoms with van der Waals surface area (Å²) in [5.74, 6) is -0.257. The molecule has 1 amide bonds. The van der Waals surface area contributed by atoms with E-state index in [1.807, 2.05) is 30.3 Å². The summed E-state index contributed by atoms with van der Waals surface area (Å²) in [5.41, 5.74) is 0.361. The van der Waals surface area contributed by atoms with Gasteiger partial charge in [0.05, 0.1) is 12.2 Å². The van der Waals surface area contributed by atoms with Gasteiger partial charge in [0.2, 0.25) is 0 Å². The van der Waals surface area contributed by atoms with E-state index in [4.69, 9.17) is 0 Å². The number of fused-ring (bicyclic) bond motifs is 1. The van der Waals surface area contributed by atoms with E-state index in [2.05, 4.69) is 4.98 Å². The second-order valence-corrected chi connectivity index (χ2v) is 4.73. The molecule has 1 aliphatic rings. The third-order valence-electron chi connectivity index (χ3n) is 3.42. The number of aliphatic hydroxyl groups excluding tert-OH is 2. The van der Waals surface area contributed by atoms with Gasteiger partial charge in [-0.05, 0) is 11.5 Å². The molecular weight excluding hydrogens is 244 g/mol. The predicted molar refractivity (Wildman–Crippen MR) is 69.7 cm³/mol. The van der Waals surface area contributed by atoms with E-state index < -0.39 is 12.2 Å². The molecule has 5 nitrogen and oxygen atoms in total. The second kappa shape index (κ2) is 4.60. The average Bonchev–Trinajstić information content (AvgIpc) is 2.77. The van der Waals surface area contributed by atoms with Gasteiger partial charge in [-0.25, -0.2) is 0 Å². The molecule has 19 heavy (non-hydrogen) atoms. The summed E-state index contributed by atoms with van der Waals surface area (Å²) in [5, 5.41) is 20.8. The maximum absolute atomic E-state index is 12.4. The lowest BCUT2D eigenvalue weighted by Gasteiger charge is -2.15. The molecule has 2 atom stereocenters. The molecule has 0 saturated carbocycles. The van der Waals surface area contributed by atoms with Gasteiger partial charge in [0.25, 0.3) is 5.91 Å². The fraction of sp³-hybridized carbons (Fsp3) is 0.286. The number of pyridine rings is 1. The Labute approximate surface area is 110 Å². The van der Waals surface area contributed by atoms with Crippen LogP contribution in [-0.2, 0) is 0 Å². The zero-order valence-corrected chi connectivity index (χ0v) is 10.2. The van der Waals surface area contributed by atoms with Gasteiger partial charge in [-0.2, -0.15) is 0 Å². The van der Waals surface area contributed by atoms with E-state index in [9.17, 15) is 15.0 Å². The van der Waals surface area contributed by atoms with Crippen molar-refractivity contribution in [3.05, 3.63) is 42.2 Å². The summed E-state index contributed by atoms with van der Waals surface area (Å²) in [6.07, 6.45) is -0.156. The number of hydrogen-bond donors (Lipinski definition) is 2. The van der Waals surface area contributed by atoms with Crippen molar-refractivity contribution in [2.75, 3.05) is 13.1 Å². The number of amides is 1. The van der Waals surface area contributed by atoms with Crippen molar-refractivity contribution in [3.8, 4) is 0 Å². The molecule has 0 spiro atoms. The standard InChI is InChI=1S/C14H14N2O3/c17-11-7-16(8-12(11)18)14(19)13-10-4-2-1-3-9(10)5-6-15-13/h1-6,11-12,17-18H,7-8H2. The number of carbonyl (C=O) groups is 1. The first-order chi connectivity index (χ1) is 9.16. The van der Waals surface area contributed by atoms with E-state index in [1.165, 1.54) is 4.90 Å². The van der Waals surface area contributed by atoms with Gasteiger partial charge in [-0.15, -0.1) is 0 Å². The highest BCUT2D eigenvalue weighted by molar-refractivity contribution is 6.05. The Kier molecular flexibility index (Phi) is 2.93. The normalized spacial score (nSPS) is 22.9. The molecular formula is C14H14N2O3. The number of carbonyl (C=O) groups excluding carboxylic acids is 1. The van der Waals surface area contributed by atoms with Gasteiger partial charge in [-0.3, -0.25) is 9.78 Å². The molecule has 2 heterocycles. The molecule has 0 bridgehead atoms. The van der Waals surface area contributed by atoms with Gasteiger partial charge >= 0.3 is 0 Å². The van der Waals surface area contributed by atoms with Gasteiger partial charge in [0.1, 0.15) is 5.69 Å². The lowest BCUT2D eigenvalue weighted by atomic mass is 10.1. The first-order valence-electron chi connectivity index (χ1n) is 6.16. The molecule has 3 rings (SSSR count). The van der Waals surface area contributed by atoms with Crippen LogP contribution in [0.3, 0.4) is 0 Å². The van der Waals surface area contributed by atoms with Crippen LogP contribution in [0, 0.1) is 0 Å². The minimum atomic E-state index is -0.876. The zero-order chi connectivity index (χ0) is 13.4. The Morgan fingerprint density at radius 3 is 2.58 bits per heavy atom. The van der Waals surface area contributed by atoms with E-state index >= 15 is 0 Å². The van der Waals surface area contributed by atoms with Crippen molar-refractivity contribution < 1.29 is 15.0 Å². The Balaban J connectivity index is 1.98. The van der Waals surface area contributed by atoms with Crippen LogP contribution < -0.4 is 0 Å². The molecule has 1 fully saturated rings. The maximum atomic E-state index is 12.4. The van der Waals surface area contributed by atoms with Gasteiger partial charge < -0.3 is 15.1 Å². The fourth-order valence-corrected chi connectivity index (χ4v) is 2.38. The van der Waals surface area contributed by atoms with Crippen LogP contribution >= 0.6 is 0 Å². The summed E-state index contributed by atoms with van der Waals surface area (Å²) in [6.45, 7) is 0.288. The van der Waals surface area contributed by atoms with E-state index in [0.29, 0.717) is 5.69 Å². The Hall–Kier alpha value is -1.98. The highest BCUT2D eigenvalue weighted by atomic mass is 16.3. The highest BCUT2D eigenvalue weighted by Gasteiger charge is 2.33. The number of rotatable bonds is 1. The topological polar surface area (TPSA) is 73.7 Å². The van der Waals surface area contributed by atoms with Crippen molar-refractivity contribution in [3.63, 3.8) is 0 Å².